The highest BCUT2D eigenvalue weighted by Gasteiger charge is 2.25. The summed E-state index contributed by atoms with van der Waals surface area (Å²) in [7, 11) is 0. The van der Waals surface area contributed by atoms with Gasteiger partial charge < -0.3 is 15.1 Å². The van der Waals surface area contributed by atoms with Gasteiger partial charge in [-0.3, -0.25) is 4.79 Å². The second kappa shape index (κ2) is 9.07. The Morgan fingerprint density at radius 1 is 1.29 bits per heavy atom. The van der Waals surface area contributed by atoms with Crippen molar-refractivity contribution in [2.24, 2.45) is 0 Å². The average molecular weight is 441 g/mol. The normalized spacial score (nSPS) is 12.1. The molecule has 1 amide bonds. The number of hydrogen-bond acceptors (Lipinski definition) is 6. The predicted molar refractivity (Wildman–Crippen MR) is 113 cm³/mol. The maximum absolute atomic E-state index is 14.6. The minimum Gasteiger partial charge on any atom is -0.464 e. The van der Waals surface area contributed by atoms with Crippen molar-refractivity contribution in [1.82, 2.24) is 30.8 Å². The highest BCUT2D eigenvalue weighted by Crippen LogP contribution is 2.30. The van der Waals surface area contributed by atoms with Crippen molar-refractivity contribution in [2.75, 3.05) is 13.1 Å². The van der Waals surface area contributed by atoms with E-state index in [1.807, 2.05) is 24.3 Å². The molecule has 4 aromatic rings. The van der Waals surface area contributed by atoms with Gasteiger partial charge in [0, 0.05) is 29.1 Å². The van der Waals surface area contributed by atoms with Gasteiger partial charge in [0.05, 0.1) is 12.3 Å². The van der Waals surface area contributed by atoms with Crippen LogP contribution in [0.25, 0.3) is 16.7 Å². The minimum atomic E-state index is -0.561. The number of hydrogen-bond donors (Lipinski definition) is 2. The summed E-state index contributed by atoms with van der Waals surface area (Å²) in [6.07, 6.45) is 2.79. The number of carbonyl (C=O) groups is 1. The highest BCUT2D eigenvalue weighted by atomic mass is 35.5. The topological polar surface area (TPSA) is 97.9 Å². The maximum Gasteiger partial charge on any atom is 0.243 e. The molecule has 0 radical (unpaired) electrons. The Kier molecular flexibility index (Phi) is 6.06. The average Bonchev–Trinajstić information content (AvgIpc) is 3.43. The van der Waals surface area contributed by atoms with E-state index in [0.717, 1.165) is 10.9 Å². The van der Waals surface area contributed by atoms with Gasteiger partial charge in [-0.25, -0.2) is 4.39 Å². The van der Waals surface area contributed by atoms with Crippen LogP contribution in [0.15, 0.2) is 65.8 Å². The van der Waals surface area contributed by atoms with Crippen molar-refractivity contribution in [3.63, 3.8) is 0 Å². The second-order valence-electron chi connectivity index (χ2n) is 6.61. The van der Waals surface area contributed by atoms with E-state index >= 15 is 0 Å². The molecule has 0 aliphatic rings. The van der Waals surface area contributed by atoms with Gasteiger partial charge in [0.15, 0.2) is 5.82 Å². The Labute approximate surface area is 181 Å². The first-order valence-corrected chi connectivity index (χ1v) is 9.79. The standard InChI is InChI=1S/C21H18ClFN6O2/c1-2-18(30)24-9-10-25-19(15-5-3-4-13-8-11-31-20(13)15)21-26-27-28-29(21)17-7-6-14(22)12-16(17)23/h2-8,11-12,19,25H,1,9-10H2,(H,24,30). The van der Waals surface area contributed by atoms with Crippen LogP contribution in [0.2, 0.25) is 5.02 Å². The SMILES string of the molecule is C=CC(=O)NCCNC(c1cccc2ccoc12)c1nnnn1-c1ccc(Cl)cc1F. The second-order valence-corrected chi connectivity index (χ2v) is 7.05. The van der Waals surface area contributed by atoms with E-state index in [0.29, 0.717) is 24.5 Å². The molecule has 2 heterocycles. The lowest BCUT2D eigenvalue weighted by atomic mass is 10.0. The van der Waals surface area contributed by atoms with Gasteiger partial charge in [0.25, 0.3) is 0 Å². The molecule has 158 valence electrons. The molecular formula is C21H18ClFN6O2. The molecule has 31 heavy (non-hydrogen) atoms. The number of benzene rings is 2. The number of nitrogens with one attached hydrogen (secondary N) is 2. The van der Waals surface area contributed by atoms with Crippen molar-refractivity contribution in [3.8, 4) is 5.69 Å². The molecule has 2 aromatic carbocycles. The van der Waals surface area contributed by atoms with E-state index in [9.17, 15) is 9.18 Å². The molecule has 10 heteroatoms. The van der Waals surface area contributed by atoms with Gasteiger partial charge in [0.1, 0.15) is 17.1 Å². The molecule has 0 aliphatic carbocycles. The third-order valence-corrected chi connectivity index (χ3v) is 4.90. The fourth-order valence-corrected chi connectivity index (χ4v) is 3.42. The van der Waals surface area contributed by atoms with Gasteiger partial charge in [-0.2, -0.15) is 4.68 Å². The van der Waals surface area contributed by atoms with Crippen LogP contribution in [-0.2, 0) is 4.79 Å². The Morgan fingerprint density at radius 3 is 2.97 bits per heavy atom. The van der Waals surface area contributed by atoms with Gasteiger partial charge in [-0.15, -0.1) is 5.10 Å². The van der Waals surface area contributed by atoms with E-state index in [-0.39, 0.29) is 16.6 Å². The van der Waals surface area contributed by atoms with Crippen LogP contribution in [0.5, 0.6) is 0 Å². The Bertz CT molecular complexity index is 1240. The maximum atomic E-state index is 14.6. The molecule has 0 aliphatic heterocycles. The molecule has 0 saturated heterocycles. The summed E-state index contributed by atoms with van der Waals surface area (Å²) < 4.78 is 21.6. The van der Waals surface area contributed by atoms with E-state index in [1.165, 1.54) is 22.9 Å². The number of rotatable bonds is 8. The number of furan rings is 1. The Balaban J connectivity index is 1.73. The van der Waals surface area contributed by atoms with Crippen molar-refractivity contribution >= 4 is 28.5 Å². The number of para-hydroxylation sites is 1. The number of aromatic nitrogens is 4. The summed E-state index contributed by atoms with van der Waals surface area (Å²) in [5, 5.41) is 19.1. The van der Waals surface area contributed by atoms with E-state index < -0.39 is 11.9 Å². The lowest BCUT2D eigenvalue weighted by molar-refractivity contribution is -0.116. The monoisotopic (exact) mass is 440 g/mol. The quantitative estimate of drug-likeness (QED) is 0.322. The summed E-state index contributed by atoms with van der Waals surface area (Å²) in [5.41, 5.74) is 1.58. The zero-order valence-electron chi connectivity index (χ0n) is 16.3. The fraction of sp³-hybridized carbons (Fsp3) is 0.143. The first-order chi connectivity index (χ1) is 15.1. The van der Waals surface area contributed by atoms with Crippen molar-refractivity contribution in [1.29, 1.82) is 0 Å². The zero-order valence-corrected chi connectivity index (χ0v) is 17.0. The van der Waals surface area contributed by atoms with Crippen LogP contribution in [0, 0.1) is 5.82 Å². The molecule has 4 rings (SSSR count). The molecule has 0 saturated carbocycles. The zero-order chi connectivity index (χ0) is 21.8. The number of fused-ring (bicyclic) bond motifs is 1. The molecule has 0 fully saturated rings. The van der Waals surface area contributed by atoms with Crippen LogP contribution < -0.4 is 10.6 Å². The number of carbonyl (C=O) groups excluding carboxylic acids is 1. The van der Waals surface area contributed by atoms with Gasteiger partial charge >= 0.3 is 0 Å². The van der Waals surface area contributed by atoms with Crippen molar-refractivity contribution in [2.45, 2.75) is 6.04 Å². The molecule has 2 aromatic heterocycles. The molecule has 0 spiro atoms. The van der Waals surface area contributed by atoms with E-state index in [2.05, 4.69) is 32.7 Å². The summed E-state index contributed by atoms with van der Waals surface area (Å²) in [4.78, 5) is 11.4. The lowest BCUT2D eigenvalue weighted by Gasteiger charge is -2.19. The molecule has 2 N–H and O–H groups in total. The molecule has 8 nitrogen and oxygen atoms in total. The lowest BCUT2D eigenvalue weighted by Crippen LogP contribution is -2.34. The van der Waals surface area contributed by atoms with Crippen molar-refractivity contribution < 1.29 is 13.6 Å². The van der Waals surface area contributed by atoms with Crippen molar-refractivity contribution in [3.05, 3.63) is 83.6 Å². The van der Waals surface area contributed by atoms with E-state index in [1.54, 1.807) is 12.3 Å². The van der Waals surface area contributed by atoms with Crippen LogP contribution in [0.1, 0.15) is 17.4 Å². The molecule has 0 bridgehead atoms. The van der Waals surface area contributed by atoms with Crippen LogP contribution in [0.4, 0.5) is 4.39 Å². The predicted octanol–water partition coefficient (Wildman–Crippen LogP) is 3.18. The molecule has 1 atom stereocenters. The number of amides is 1. The molecular weight excluding hydrogens is 423 g/mol. The third-order valence-electron chi connectivity index (χ3n) is 4.67. The summed E-state index contributed by atoms with van der Waals surface area (Å²) in [6.45, 7) is 4.16. The Morgan fingerprint density at radius 2 is 2.16 bits per heavy atom. The van der Waals surface area contributed by atoms with Gasteiger partial charge in [-0.1, -0.05) is 36.4 Å². The summed E-state index contributed by atoms with van der Waals surface area (Å²) in [6, 6.07) is 11.2. The van der Waals surface area contributed by atoms with Crippen LogP contribution in [-0.4, -0.2) is 39.2 Å². The number of nitrogens with zero attached hydrogens (tertiary/aromatic N) is 4. The third kappa shape index (κ3) is 4.32. The highest BCUT2D eigenvalue weighted by molar-refractivity contribution is 6.30. The number of halogens is 2. The first-order valence-electron chi connectivity index (χ1n) is 9.42. The summed E-state index contributed by atoms with van der Waals surface area (Å²) >= 11 is 5.88. The van der Waals surface area contributed by atoms with Gasteiger partial charge in [0.2, 0.25) is 5.91 Å². The largest absolute Gasteiger partial charge is 0.464 e. The smallest absolute Gasteiger partial charge is 0.243 e. The van der Waals surface area contributed by atoms with Crippen LogP contribution >= 0.6 is 11.6 Å². The first kappa shape index (κ1) is 20.7. The van der Waals surface area contributed by atoms with Crippen LogP contribution in [0.3, 0.4) is 0 Å². The fourth-order valence-electron chi connectivity index (χ4n) is 3.26. The van der Waals surface area contributed by atoms with Gasteiger partial charge in [-0.05, 0) is 40.8 Å². The minimum absolute atomic E-state index is 0.155. The number of tetrazole rings is 1. The van der Waals surface area contributed by atoms with E-state index in [4.69, 9.17) is 16.0 Å². The molecule has 1 unspecified atom stereocenters. The summed E-state index contributed by atoms with van der Waals surface area (Å²) in [5.74, 6) is -0.492. The Hall–Kier alpha value is -3.56.